The molecule has 0 amide bonds. The van der Waals surface area contributed by atoms with E-state index in [9.17, 15) is 14.3 Å². The van der Waals surface area contributed by atoms with Crippen LogP contribution in [0, 0.1) is 13.8 Å². The molecule has 0 aromatic heterocycles. The smallest absolute Gasteiger partial charge is 0.320 e. The minimum atomic E-state index is -0.774. The number of alkyl halides is 1. The molecule has 0 bridgehead atoms. The number of aryl methyl sites for hydroxylation is 1. The third kappa shape index (κ3) is 6.66. The number of likely N-dealkylation sites (tertiary alicyclic amines) is 1. The SMILES string of the molecule is Cc1cc(CN2CCCCC2C(=O)O)c(OCCCF)cc1/C=C/c1cccc(-c2ccccc2)c1C. The zero-order valence-electron chi connectivity index (χ0n) is 21.8. The minimum absolute atomic E-state index is 0.288. The Kier molecular flexibility index (Phi) is 9.13. The van der Waals surface area contributed by atoms with Crippen LogP contribution in [0.4, 0.5) is 4.39 Å². The maximum atomic E-state index is 12.8. The van der Waals surface area contributed by atoms with Crippen molar-refractivity contribution in [1.82, 2.24) is 4.90 Å². The van der Waals surface area contributed by atoms with Gasteiger partial charge in [-0.1, -0.05) is 73.2 Å². The number of piperidine rings is 1. The second-order valence-electron chi connectivity index (χ2n) is 9.75. The van der Waals surface area contributed by atoms with Crippen molar-refractivity contribution in [3.63, 3.8) is 0 Å². The van der Waals surface area contributed by atoms with E-state index in [1.165, 1.54) is 16.7 Å². The topological polar surface area (TPSA) is 49.8 Å². The van der Waals surface area contributed by atoms with Gasteiger partial charge in [0.2, 0.25) is 0 Å². The lowest BCUT2D eigenvalue weighted by Gasteiger charge is -2.33. The summed E-state index contributed by atoms with van der Waals surface area (Å²) in [5, 5.41) is 9.70. The Morgan fingerprint density at radius 2 is 1.84 bits per heavy atom. The molecule has 1 saturated heterocycles. The number of carboxylic acids is 1. The number of halogens is 1. The molecule has 3 aromatic rings. The van der Waals surface area contributed by atoms with Crippen molar-refractivity contribution in [2.45, 2.75) is 52.1 Å². The monoisotopic (exact) mass is 501 g/mol. The number of ether oxygens (including phenoxy) is 1. The molecule has 194 valence electrons. The van der Waals surface area contributed by atoms with Gasteiger partial charge in [-0.3, -0.25) is 14.1 Å². The van der Waals surface area contributed by atoms with Gasteiger partial charge in [0.25, 0.3) is 0 Å². The third-order valence-electron chi connectivity index (χ3n) is 7.16. The summed E-state index contributed by atoms with van der Waals surface area (Å²) in [4.78, 5) is 13.8. The van der Waals surface area contributed by atoms with Gasteiger partial charge < -0.3 is 9.84 Å². The van der Waals surface area contributed by atoms with E-state index in [0.29, 0.717) is 25.1 Å². The molecule has 0 saturated carbocycles. The van der Waals surface area contributed by atoms with Crippen molar-refractivity contribution in [2.75, 3.05) is 19.8 Å². The van der Waals surface area contributed by atoms with E-state index in [-0.39, 0.29) is 6.61 Å². The Hall–Kier alpha value is -3.44. The van der Waals surface area contributed by atoms with E-state index in [4.69, 9.17) is 4.74 Å². The van der Waals surface area contributed by atoms with Crippen LogP contribution in [0.1, 0.15) is 53.5 Å². The number of hydrogen-bond acceptors (Lipinski definition) is 3. The van der Waals surface area contributed by atoms with E-state index in [1.54, 1.807) is 0 Å². The molecule has 0 aliphatic carbocycles. The van der Waals surface area contributed by atoms with Gasteiger partial charge in [0.15, 0.2) is 0 Å². The molecule has 1 aliphatic rings. The van der Waals surface area contributed by atoms with Crippen LogP contribution in [0.25, 0.3) is 23.3 Å². The Morgan fingerprint density at radius 1 is 1.05 bits per heavy atom. The first kappa shape index (κ1) is 26.6. The van der Waals surface area contributed by atoms with Crippen molar-refractivity contribution in [3.05, 3.63) is 88.5 Å². The molecule has 1 atom stereocenters. The highest BCUT2D eigenvalue weighted by molar-refractivity contribution is 5.78. The Morgan fingerprint density at radius 3 is 2.59 bits per heavy atom. The number of aliphatic carboxylic acids is 1. The summed E-state index contributed by atoms with van der Waals surface area (Å²) in [6.45, 7) is 5.31. The van der Waals surface area contributed by atoms with Crippen LogP contribution in [0.15, 0.2) is 60.7 Å². The van der Waals surface area contributed by atoms with Crippen LogP contribution < -0.4 is 4.74 Å². The fraction of sp³-hybridized carbons (Fsp3) is 0.344. The molecule has 0 radical (unpaired) electrons. The molecule has 1 unspecified atom stereocenters. The van der Waals surface area contributed by atoms with Crippen molar-refractivity contribution >= 4 is 18.1 Å². The quantitative estimate of drug-likeness (QED) is 0.234. The van der Waals surface area contributed by atoms with E-state index >= 15 is 0 Å². The highest BCUT2D eigenvalue weighted by atomic mass is 19.1. The fourth-order valence-corrected chi connectivity index (χ4v) is 5.06. The molecule has 5 heteroatoms. The summed E-state index contributed by atoms with van der Waals surface area (Å²) in [5.41, 5.74) is 7.81. The normalized spacial score (nSPS) is 16.2. The largest absolute Gasteiger partial charge is 0.493 e. The van der Waals surface area contributed by atoms with Gasteiger partial charge in [0.1, 0.15) is 11.8 Å². The zero-order chi connectivity index (χ0) is 26.2. The van der Waals surface area contributed by atoms with Crippen LogP contribution in [0.5, 0.6) is 5.75 Å². The van der Waals surface area contributed by atoms with E-state index in [2.05, 4.69) is 74.5 Å². The third-order valence-corrected chi connectivity index (χ3v) is 7.16. The summed E-state index contributed by atoms with van der Waals surface area (Å²) in [6, 6.07) is 20.3. The van der Waals surface area contributed by atoms with Crippen LogP contribution in [0.3, 0.4) is 0 Å². The molecule has 0 spiro atoms. The molecular formula is C32H36FNO3. The first-order valence-electron chi connectivity index (χ1n) is 13.1. The molecule has 4 rings (SSSR count). The molecular weight excluding hydrogens is 465 g/mol. The van der Waals surface area contributed by atoms with Gasteiger partial charge >= 0.3 is 5.97 Å². The second kappa shape index (κ2) is 12.7. The maximum absolute atomic E-state index is 12.8. The van der Waals surface area contributed by atoms with Gasteiger partial charge in [-0.25, -0.2) is 0 Å². The van der Waals surface area contributed by atoms with Gasteiger partial charge in [-0.15, -0.1) is 0 Å². The lowest BCUT2D eigenvalue weighted by Crippen LogP contribution is -2.44. The summed E-state index contributed by atoms with van der Waals surface area (Å²) in [5.74, 6) is -0.0767. The molecule has 1 heterocycles. The highest BCUT2D eigenvalue weighted by Crippen LogP contribution is 2.31. The van der Waals surface area contributed by atoms with Crippen molar-refractivity contribution in [1.29, 1.82) is 0 Å². The number of hydrogen-bond donors (Lipinski definition) is 1. The van der Waals surface area contributed by atoms with Gasteiger partial charge in [0, 0.05) is 18.5 Å². The number of carbonyl (C=O) groups is 1. The number of rotatable bonds is 10. The molecule has 1 N–H and O–H groups in total. The van der Waals surface area contributed by atoms with Crippen LogP contribution in [-0.2, 0) is 11.3 Å². The average molecular weight is 502 g/mol. The molecule has 1 fully saturated rings. The molecule has 1 aliphatic heterocycles. The Balaban J connectivity index is 1.63. The van der Waals surface area contributed by atoms with E-state index < -0.39 is 18.7 Å². The summed E-state index contributed by atoms with van der Waals surface area (Å²) in [6.07, 6.45) is 7.13. The minimum Gasteiger partial charge on any atom is -0.493 e. The summed E-state index contributed by atoms with van der Waals surface area (Å²) >= 11 is 0. The molecule has 4 nitrogen and oxygen atoms in total. The van der Waals surface area contributed by atoms with Gasteiger partial charge in [-0.2, -0.15) is 0 Å². The predicted molar refractivity (Wildman–Crippen MR) is 148 cm³/mol. The lowest BCUT2D eigenvalue weighted by atomic mass is 9.95. The number of nitrogens with zero attached hydrogens (tertiary/aromatic N) is 1. The van der Waals surface area contributed by atoms with Crippen LogP contribution >= 0.6 is 0 Å². The van der Waals surface area contributed by atoms with Crippen molar-refractivity contribution < 1.29 is 19.0 Å². The first-order chi connectivity index (χ1) is 18.0. The number of carboxylic acid groups (broad SMARTS) is 1. The zero-order valence-corrected chi connectivity index (χ0v) is 21.8. The fourth-order valence-electron chi connectivity index (χ4n) is 5.06. The van der Waals surface area contributed by atoms with Gasteiger partial charge in [-0.05, 0) is 72.7 Å². The second-order valence-corrected chi connectivity index (χ2v) is 9.75. The predicted octanol–water partition coefficient (Wildman–Crippen LogP) is 7.32. The van der Waals surface area contributed by atoms with E-state index in [1.807, 2.05) is 17.0 Å². The van der Waals surface area contributed by atoms with Crippen molar-refractivity contribution in [2.24, 2.45) is 0 Å². The Labute approximate surface area is 219 Å². The van der Waals surface area contributed by atoms with Crippen LogP contribution in [-0.4, -0.2) is 41.8 Å². The van der Waals surface area contributed by atoms with E-state index in [0.717, 1.165) is 41.6 Å². The summed E-state index contributed by atoms with van der Waals surface area (Å²) < 4.78 is 18.8. The summed E-state index contributed by atoms with van der Waals surface area (Å²) in [7, 11) is 0. The maximum Gasteiger partial charge on any atom is 0.320 e. The first-order valence-corrected chi connectivity index (χ1v) is 13.1. The van der Waals surface area contributed by atoms with Crippen LogP contribution in [0.2, 0.25) is 0 Å². The number of benzene rings is 3. The Bertz CT molecular complexity index is 1240. The highest BCUT2D eigenvalue weighted by Gasteiger charge is 2.29. The standard InChI is InChI=1S/C32H36FNO3/c1-23-20-28(22-34-18-7-6-14-30(34)32(35)36)31(37-19-9-17-33)21-27(23)16-15-25-12-8-13-29(24(25)2)26-10-4-3-5-11-26/h3-5,8,10-13,15-16,20-21,30H,6-7,9,14,17-19,22H2,1-2H3,(H,35,36)/b16-15+. The molecule has 3 aromatic carbocycles. The van der Waals surface area contributed by atoms with Gasteiger partial charge in [0.05, 0.1) is 13.3 Å². The lowest BCUT2D eigenvalue weighted by molar-refractivity contribution is -0.144. The van der Waals surface area contributed by atoms with Crippen molar-refractivity contribution in [3.8, 4) is 16.9 Å². The average Bonchev–Trinajstić information content (AvgIpc) is 2.90. The molecule has 37 heavy (non-hydrogen) atoms.